The average molecular weight is 299 g/mol. The zero-order chi connectivity index (χ0) is 14.8. The Morgan fingerprint density at radius 2 is 2.19 bits per heavy atom. The number of aromatic nitrogens is 3. The van der Waals surface area contributed by atoms with Crippen LogP contribution in [0.4, 0.5) is 0 Å². The fourth-order valence-electron chi connectivity index (χ4n) is 1.99. The van der Waals surface area contributed by atoms with Crippen molar-refractivity contribution in [1.82, 2.24) is 15.0 Å². The van der Waals surface area contributed by atoms with E-state index in [4.69, 9.17) is 4.74 Å². The van der Waals surface area contributed by atoms with Crippen LogP contribution in [-0.2, 0) is 0 Å². The molecule has 1 aromatic carbocycles. The number of aryl methyl sites for hydroxylation is 1. The lowest BCUT2D eigenvalue weighted by Gasteiger charge is -2.02. The van der Waals surface area contributed by atoms with E-state index >= 15 is 0 Å². The number of H-pyrrole nitrogens is 1. The summed E-state index contributed by atoms with van der Waals surface area (Å²) in [6, 6.07) is 7.50. The molecular formula is C15H13N3O2S. The first kappa shape index (κ1) is 13.6. The smallest absolute Gasteiger partial charge is 0.172 e. The molecule has 0 radical (unpaired) electrons. The van der Waals surface area contributed by atoms with E-state index < -0.39 is 0 Å². The van der Waals surface area contributed by atoms with Gasteiger partial charge >= 0.3 is 0 Å². The molecule has 3 rings (SSSR count). The van der Waals surface area contributed by atoms with Crippen molar-refractivity contribution in [3.63, 3.8) is 0 Å². The minimum Gasteiger partial charge on any atom is -0.497 e. The minimum atomic E-state index is 0.575. The van der Waals surface area contributed by atoms with Gasteiger partial charge in [-0.15, -0.1) is 0 Å². The SMILES string of the molecule is COc1ccc2nc(Sc3ncc(C=O)cc3C)[nH]c2c1. The van der Waals surface area contributed by atoms with E-state index in [-0.39, 0.29) is 0 Å². The Bertz CT molecular complexity index is 814. The van der Waals surface area contributed by atoms with Crippen molar-refractivity contribution in [2.24, 2.45) is 0 Å². The number of rotatable bonds is 4. The molecule has 21 heavy (non-hydrogen) atoms. The highest BCUT2D eigenvalue weighted by Gasteiger charge is 2.09. The van der Waals surface area contributed by atoms with Crippen LogP contribution in [0.25, 0.3) is 11.0 Å². The second kappa shape index (κ2) is 5.57. The fraction of sp³-hybridized carbons (Fsp3) is 0.133. The number of imidazole rings is 1. The van der Waals surface area contributed by atoms with Crippen LogP contribution >= 0.6 is 11.8 Å². The summed E-state index contributed by atoms with van der Waals surface area (Å²) in [5.41, 5.74) is 3.31. The van der Waals surface area contributed by atoms with E-state index in [0.717, 1.165) is 38.8 Å². The molecular weight excluding hydrogens is 286 g/mol. The maximum Gasteiger partial charge on any atom is 0.172 e. The molecule has 106 valence electrons. The fourth-order valence-corrected chi connectivity index (χ4v) is 2.80. The lowest BCUT2D eigenvalue weighted by atomic mass is 10.2. The van der Waals surface area contributed by atoms with Crippen LogP contribution in [0.1, 0.15) is 15.9 Å². The van der Waals surface area contributed by atoms with E-state index in [2.05, 4.69) is 15.0 Å². The molecule has 0 fully saturated rings. The van der Waals surface area contributed by atoms with Crippen LogP contribution < -0.4 is 4.74 Å². The van der Waals surface area contributed by atoms with Gasteiger partial charge in [-0.2, -0.15) is 0 Å². The molecule has 6 heteroatoms. The molecule has 0 amide bonds. The van der Waals surface area contributed by atoms with Gasteiger partial charge in [-0.25, -0.2) is 9.97 Å². The zero-order valence-electron chi connectivity index (χ0n) is 11.6. The second-order valence-corrected chi connectivity index (χ2v) is 5.51. The highest BCUT2D eigenvalue weighted by Crippen LogP contribution is 2.29. The van der Waals surface area contributed by atoms with Crippen LogP contribution in [0, 0.1) is 6.92 Å². The second-order valence-electron chi connectivity index (χ2n) is 4.54. The molecule has 0 bridgehead atoms. The molecule has 5 nitrogen and oxygen atoms in total. The Balaban J connectivity index is 1.92. The summed E-state index contributed by atoms with van der Waals surface area (Å²) in [5.74, 6) is 0.785. The molecule has 0 aliphatic carbocycles. The van der Waals surface area contributed by atoms with Gasteiger partial charge in [-0.1, -0.05) is 0 Å². The van der Waals surface area contributed by atoms with Crippen LogP contribution in [0.5, 0.6) is 5.75 Å². The van der Waals surface area contributed by atoms with Gasteiger partial charge in [0.2, 0.25) is 0 Å². The molecule has 2 aromatic heterocycles. The number of fused-ring (bicyclic) bond motifs is 1. The first-order valence-electron chi connectivity index (χ1n) is 6.33. The predicted octanol–water partition coefficient (Wildman–Crippen LogP) is 3.24. The minimum absolute atomic E-state index is 0.575. The number of hydrogen-bond acceptors (Lipinski definition) is 5. The maximum atomic E-state index is 10.7. The molecule has 0 aliphatic rings. The number of hydrogen-bond donors (Lipinski definition) is 1. The number of carbonyl (C=O) groups excluding carboxylic acids is 1. The van der Waals surface area contributed by atoms with Gasteiger partial charge in [0.05, 0.1) is 18.1 Å². The Kier molecular flexibility index (Phi) is 3.62. The highest BCUT2D eigenvalue weighted by atomic mass is 32.2. The van der Waals surface area contributed by atoms with Crippen LogP contribution in [-0.4, -0.2) is 28.3 Å². The number of aromatic amines is 1. The number of ether oxygens (including phenoxy) is 1. The van der Waals surface area contributed by atoms with E-state index in [1.165, 1.54) is 11.8 Å². The van der Waals surface area contributed by atoms with Crippen molar-refractivity contribution >= 4 is 29.1 Å². The van der Waals surface area contributed by atoms with Crippen molar-refractivity contribution in [2.45, 2.75) is 17.1 Å². The highest BCUT2D eigenvalue weighted by molar-refractivity contribution is 7.99. The van der Waals surface area contributed by atoms with Crippen molar-refractivity contribution in [1.29, 1.82) is 0 Å². The number of benzene rings is 1. The van der Waals surface area contributed by atoms with Crippen LogP contribution in [0.15, 0.2) is 40.6 Å². The van der Waals surface area contributed by atoms with E-state index in [1.54, 1.807) is 13.3 Å². The summed E-state index contributed by atoms with van der Waals surface area (Å²) in [5, 5.41) is 1.58. The number of nitrogens with zero attached hydrogens (tertiary/aromatic N) is 2. The number of carbonyl (C=O) groups is 1. The Hall–Kier alpha value is -2.34. The Labute approximate surface area is 125 Å². The van der Waals surface area contributed by atoms with Crippen molar-refractivity contribution < 1.29 is 9.53 Å². The number of aldehydes is 1. The Morgan fingerprint density at radius 3 is 2.90 bits per heavy atom. The first-order chi connectivity index (χ1) is 10.2. The summed E-state index contributed by atoms with van der Waals surface area (Å²) in [6.07, 6.45) is 2.36. The van der Waals surface area contributed by atoms with Gasteiger partial charge in [0.25, 0.3) is 0 Å². The third-order valence-electron chi connectivity index (χ3n) is 3.05. The summed E-state index contributed by atoms with van der Waals surface area (Å²) >= 11 is 1.44. The monoisotopic (exact) mass is 299 g/mol. The van der Waals surface area contributed by atoms with Crippen molar-refractivity contribution in [3.05, 3.63) is 41.6 Å². The Morgan fingerprint density at radius 1 is 1.33 bits per heavy atom. The molecule has 0 aliphatic heterocycles. The lowest BCUT2D eigenvalue weighted by Crippen LogP contribution is -1.90. The zero-order valence-corrected chi connectivity index (χ0v) is 12.4. The summed E-state index contributed by atoms with van der Waals surface area (Å²) in [7, 11) is 1.63. The molecule has 0 saturated heterocycles. The van der Waals surface area contributed by atoms with E-state index in [1.807, 2.05) is 31.2 Å². The summed E-state index contributed by atoms with van der Waals surface area (Å²) in [4.78, 5) is 22.8. The van der Waals surface area contributed by atoms with Gasteiger partial charge in [0.1, 0.15) is 10.8 Å². The molecule has 2 heterocycles. The van der Waals surface area contributed by atoms with Crippen LogP contribution in [0.2, 0.25) is 0 Å². The molecule has 0 unspecified atom stereocenters. The normalized spacial score (nSPS) is 10.8. The standard InChI is InChI=1S/C15H13N3O2S/c1-9-5-10(8-19)7-16-14(9)21-15-17-12-4-3-11(20-2)6-13(12)18-15/h3-8H,1-2H3,(H,17,18). The molecule has 1 N–H and O–H groups in total. The average Bonchev–Trinajstić information content (AvgIpc) is 2.90. The van der Waals surface area contributed by atoms with E-state index in [0.29, 0.717) is 5.56 Å². The topological polar surface area (TPSA) is 67.9 Å². The summed E-state index contributed by atoms with van der Waals surface area (Å²) in [6.45, 7) is 1.92. The van der Waals surface area contributed by atoms with Crippen LogP contribution in [0.3, 0.4) is 0 Å². The molecule has 0 saturated carbocycles. The molecule has 3 aromatic rings. The molecule has 0 spiro atoms. The van der Waals surface area contributed by atoms with E-state index in [9.17, 15) is 4.79 Å². The van der Waals surface area contributed by atoms with Gasteiger partial charge in [-0.3, -0.25) is 4.79 Å². The lowest BCUT2D eigenvalue weighted by molar-refractivity contribution is 0.112. The number of methoxy groups -OCH3 is 1. The number of nitrogens with one attached hydrogen (secondary N) is 1. The third-order valence-corrected chi connectivity index (χ3v) is 4.06. The molecule has 0 atom stereocenters. The van der Waals surface area contributed by atoms with Crippen molar-refractivity contribution in [3.8, 4) is 5.75 Å². The maximum absolute atomic E-state index is 10.7. The van der Waals surface area contributed by atoms with Crippen molar-refractivity contribution in [2.75, 3.05) is 7.11 Å². The quantitative estimate of drug-likeness (QED) is 0.749. The van der Waals surface area contributed by atoms with Gasteiger partial charge in [-0.05, 0) is 42.4 Å². The first-order valence-corrected chi connectivity index (χ1v) is 7.14. The third kappa shape index (κ3) is 2.75. The van der Waals surface area contributed by atoms with Gasteiger partial charge in [0.15, 0.2) is 11.4 Å². The van der Waals surface area contributed by atoms with Gasteiger partial charge < -0.3 is 9.72 Å². The van der Waals surface area contributed by atoms with Gasteiger partial charge in [0, 0.05) is 17.8 Å². The predicted molar refractivity (Wildman–Crippen MR) is 81.1 cm³/mol. The largest absolute Gasteiger partial charge is 0.497 e. The number of pyridine rings is 1. The summed E-state index contributed by atoms with van der Waals surface area (Å²) < 4.78 is 5.19.